The van der Waals surface area contributed by atoms with E-state index in [9.17, 15) is 15.3 Å². The number of fused-ring (bicyclic) bond motifs is 2. The lowest BCUT2D eigenvalue weighted by atomic mass is 9.80. The number of benzene rings is 4. The number of halogens is 2. The fraction of sp³-hybridized carbons (Fsp3) is 0.0323. The Bertz CT molecular complexity index is 1790. The largest absolute Gasteiger partial charge is 0.507 e. The quantitative estimate of drug-likeness (QED) is 0.204. The average molecular weight is 600 g/mol. The lowest BCUT2D eigenvalue weighted by molar-refractivity contribution is 0.505. The van der Waals surface area contributed by atoms with Crippen molar-refractivity contribution >= 4 is 71.2 Å². The van der Waals surface area contributed by atoms with E-state index in [-0.39, 0.29) is 17.0 Å². The van der Waals surface area contributed by atoms with Gasteiger partial charge in [-0.15, -0.1) is 11.3 Å². The van der Waals surface area contributed by atoms with Crippen molar-refractivity contribution in [1.82, 2.24) is 0 Å². The summed E-state index contributed by atoms with van der Waals surface area (Å²) >= 11 is 11.2. The van der Waals surface area contributed by atoms with Crippen molar-refractivity contribution in [2.24, 2.45) is 0 Å². The predicted molar refractivity (Wildman–Crippen MR) is 161 cm³/mol. The Morgan fingerprint density at radius 3 is 2.26 bits per heavy atom. The van der Waals surface area contributed by atoms with E-state index in [1.807, 2.05) is 72.8 Å². The predicted octanol–water partition coefficient (Wildman–Crippen LogP) is 8.91. The summed E-state index contributed by atoms with van der Waals surface area (Å²) in [6.07, 6.45) is 0. The molecule has 4 nitrogen and oxygen atoms in total. The van der Waals surface area contributed by atoms with Crippen molar-refractivity contribution in [3.63, 3.8) is 0 Å². The molecule has 4 aromatic carbocycles. The Hall–Kier alpha value is -3.71. The van der Waals surface area contributed by atoms with Crippen molar-refractivity contribution in [2.75, 3.05) is 4.90 Å². The molecule has 0 unspecified atom stereocenters. The Kier molecular flexibility index (Phi) is 6.40. The van der Waals surface area contributed by atoms with Crippen molar-refractivity contribution < 1.29 is 5.11 Å². The summed E-state index contributed by atoms with van der Waals surface area (Å²) in [5, 5.41) is 22.9. The summed E-state index contributed by atoms with van der Waals surface area (Å²) in [7, 11) is 0. The summed E-state index contributed by atoms with van der Waals surface area (Å²) in [6.45, 7) is 0. The van der Waals surface area contributed by atoms with Crippen molar-refractivity contribution in [3.8, 4) is 0 Å². The van der Waals surface area contributed by atoms with Gasteiger partial charge >= 0.3 is 0 Å². The van der Waals surface area contributed by atoms with Gasteiger partial charge < -0.3 is 5.11 Å². The number of aliphatic hydroxyl groups excluding tert-OH is 1. The van der Waals surface area contributed by atoms with Crippen LogP contribution in [-0.4, -0.2) is 10.9 Å². The number of hydrogen-bond donors (Lipinski definition) is 2. The number of nitrogens with zero attached hydrogens (tertiary/aromatic N) is 1. The first-order chi connectivity index (χ1) is 18.4. The molecule has 1 aliphatic rings. The van der Waals surface area contributed by atoms with Crippen molar-refractivity contribution in [2.45, 2.75) is 5.92 Å². The molecular weight excluding hydrogens is 580 g/mol. The smallest absolute Gasteiger partial charge is 0.194 e. The van der Waals surface area contributed by atoms with Crippen LogP contribution in [-0.2, 0) is 0 Å². The molecule has 186 valence electrons. The van der Waals surface area contributed by atoms with E-state index in [0.29, 0.717) is 32.1 Å². The van der Waals surface area contributed by atoms with Crippen molar-refractivity contribution in [3.05, 3.63) is 145 Å². The SMILES string of the molecule is N=C1/C(=C(/O)c2ccccc2)[C@@H](c2ccc(Br)cc2)c2c(sc3cc(Cl)ccc3c2=O)N1c1ccccc1. The summed E-state index contributed by atoms with van der Waals surface area (Å²) in [6, 6.07) is 31.6. The van der Waals surface area contributed by atoms with E-state index in [2.05, 4.69) is 15.9 Å². The van der Waals surface area contributed by atoms with Gasteiger partial charge in [0.25, 0.3) is 0 Å². The number of hydrogen-bond acceptors (Lipinski definition) is 4. The van der Waals surface area contributed by atoms with Gasteiger partial charge in [-0.25, -0.2) is 0 Å². The average Bonchev–Trinajstić information content (AvgIpc) is 2.93. The van der Waals surface area contributed by atoms with Crippen LogP contribution >= 0.6 is 38.9 Å². The van der Waals surface area contributed by atoms with Crippen LogP contribution in [0.2, 0.25) is 5.02 Å². The van der Waals surface area contributed by atoms with Crippen LogP contribution < -0.4 is 10.3 Å². The molecule has 0 amide bonds. The highest BCUT2D eigenvalue weighted by Crippen LogP contribution is 2.49. The zero-order chi connectivity index (χ0) is 26.4. The van der Waals surface area contributed by atoms with Crippen LogP contribution in [0.15, 0.2) is 118 Å². The number of nitrogens with one attached hydrogen (secondary N) is 1. The molecule has 0 bridgehead atoms. The minimum Gasteiger partial charge on any atom is -0.507 e. The molecule has 2 N–H and O–H groups in total. The van der Waals surface area contributed by atoms with Crippen LogP contribution in [0, 0.1) is 5.41 Å². The minimum absolute atomic E-state index is 0.0318. The highest BCUT2D eigenvalue weighted by atomic mass is 79.9. The summed E-state index contributed by atoms with van der Waals surface area (Å²) < 4.78 is 1.64. The molecule has 0 aliphatic carbocycles. The summed E-state index contributed by atoms with van der Waals surface area (Å²) in [5.74, 6) is -0.583. The minimum atomic E-state index is -0.658. The molecule has 0 saturated heterocycles. The van der Waals surface area contributed by atoms with E-state index in [1.54, 1.807) is 35.2 Å². The van der Waals surface area contributed by atoms with Gasteiger partial charge in [-0.1, -0.05) is 88.2 Å². The van der Waals surface area contributed by atoms with Gasteiger partial charge in [-0.2, -0.15) is 0 Å². The molecule has 38 heavy (non-hydrogen) atoms. The van der Waals surface area contributed by atoms with Crippen LogP contribution in [0.25, 0.3) is 15.8 Å². The van der Waals surface area contributed by atoms with E-state index in [0.717, 1.165) is 20.4 Å². The maximum absolute atomic E-state index is 14.3. The summed E-state index contributed by atoms with van der Waals surface area (Å²) in [4.78, 5) is 16.0. The molecule has 2 heterocycles. The Balaban J connectivity index is 1.76. The number of amidine groups is 1. The molecule has 0 saturated carbocycles. The lowest BCUT2D eigenvalue weighted by Crippen LogP contribution is -2.38. The number of aliphatic hydroxyl groups is 1. The fourth-order valence-electron chi connectivity index (χ4n) is 4.91. The molecule has 1 atom stereocenters. The topological polar surface area (TPSA) is 64.4 Å². The third-order valence-electron chi connectivity index (χ3n) is 6.65. The first-order valence-corrected chi connectivity index (χ1v) is 13.9. The zero-order valence-corrected chi connectivity index (χ0v) is 23.0. The standard InChI is InChI=1S/C31H20BrClN2O2S/c32-20-13-11-18(12-14-20)25-26(28(36)19-7-3-1-4-8-19)30(34)35(22-9-5-2-6-10-22)31-27(25)29(37)23-16-15-21(33)17-24(23)38-31/h1-17,25,34,36H/b28-26+,34-30?/t25-/m1/s1. The van der Waals surface area contributed by atoms with Crippen molar-refractivity contribution in [1.29, 1.82) is 5.41 Å². The van der Waals surface area contributed by atoms with Gasteiger partial charge in [0.05, 0.1) is 0 Å². The van der Waals surface area contributed by atoms with Crippen LogP contribution in [0.3, 0.4) is 0 Å². The van der Waals surface area contributed by atoms with E-state index in [1.165, 1.54) is 11.3 Å². The van der Waals surface area contributed by atoms with Gasteiger partial charge in [-0.3, -0.25) is 15.1 Å². The third-order valence-corrected chi connectivity index (χ3v) is 8.57. The number of para-hydroxylation sites is 1. The zero-order valence-electron chi connectivity index (χ0n) is 19.9. The Labute approximate surface area is 236 Å². The van der Waals surface area contributed by atoms with Gasteiger partial charge in [0.2, 0.25) is 0 Å². The highest BCUT2D eigenvalue weighted by Gasteiger charge is 2.40. The number of rotatable bonds is 3. The second kappa shape index (κ2) is 9.87. The van der Waals surface area contributed by atoms with Crippen LogP contribution in [0.5, 0.6) is 0 Å². The molecule has 0 spiro atoms. The molecule has 0 fully saturated rings. The first kappa shape index (κ1) is 24.6. The van der Waals surface area contributed by atoms with E-state index < -0.39 is 5.92 Å². The highest BCUT2D eigenvalue weighted by molar-refractivity contribution is 9.10. The third kappa shape index (κ3) is 4.15. The van der Waals surface area contributed by atoms with Gasteiger partial charge in [0.15, 0.2) is 5.43 Å². The molecule has 1 aliphatic heterocycles. The van der Waals surface area contributed by atoms with E-state index >= 15 is 0 Å². The first-order valence-electron chi connectivity index (χ1n) is 11.9. The molecule has 7 heteroatoms. The lowest BCUT2D eigenvalue weighted by Gasteiger charge is -2.37. The summed E-state index contributed by atoms with van der Waals surface area (Å²) in [5.41, 5.74) is 2.85. The van der Waals surface area contributed by atoms with Gasteiger partial charge in [0, 0.05) is 47.9 Å². The fourth-order valence-corrected chi connectivity index (χ4v) is 6.68. The second-order valence-electron chi connectivity index (χ2n) is 8.92. The second-order valence-corrected chi connectivity index (χ2v) is 11.3. The molecule has 0 radical (unpaired) electrons. The maximum atomic E-state index is 14.3. The Morgan fingerprint density at radius 1 is 0.921 bits per heavy atom. The monoisotopic (exact) mass is 598 g/mol. The maximum Gasteiger partial charge on any atom is 0.194 e. The molecule has 6 rings (SSSR count). The van der Waals surface area contributed by atoms with Crippen LogP contribution in [0.4, 0.5) is 10.7 Å². The number of anilines is 2. The van der Waals surface area contributed by atoms with E-state index in [4.69, 9.17) is 11.6 Å². The van der Waals surface area contributed by atoms with Gasteiger partial charge in [0.1, 0.15) is 16.6 Å². The molecular formula is C31H20BrClN2O2S. The normalized spacial score (nSPS) is 16.4. The molecule has 1 aromatic heterocycles. The Morgan fingerprint density at radius 2 is 1.58 bits per heavy atom. The molecule has 5 aromatic rings. The van der Waals surface area contributed by atoms with Crippen LogP contribution in [0.1, 0.15) is 22.6 Å². The van der Waals surface area contributed by atoms with Gasteiger partial charge in [-0.05, 0) is 48.0 Å².